The van der Waals surface area contributed by atoms with Crippen LogP contribution in [-0.2, 0) is 16.1 Å². The second-order valence-electron chi connectivity index (χ2n) is 9.80. The lowest BCUT2D eigenvalue weighted by atomic mass is 9.92. The third kappa shape index (κ3) is 6.38. The number of hydrogen-bond acceptors (Lipinski definition) is 6. The third-order valence-corrected chi connectivity index (χ3v) is 8.00. The highest BCUT2D eigenvalue weighted by molar-refractivity contribution is 8.16. The summed E-state index contributed by atoms with van der Waals surface area (Å²) < 4.78 is 6.15. The zero-order valence-electron chi connectivity index (χ0n) is 23.5. The summed E-state index contributed by atoms with van der Waals surface area (Å²) in [4.78, 5) is 35.7. The molecule has 8 heteroatoms. The highest BCUT2D eigenvalue weighted by atomic mass is 32.2. The molecule has 0 aromatic heterocycles. The van der Waals surface area contributed by atoms with E-state index in [1.54, 1.807) is 0 Å². The number of hydrogen-bond donors (Lipinski definition) is 1. The fourth-order valence-corrected chi connectivity index (χ4v) is 6.00. The summed E-state index contributed by atoms with van der Waals surface area (Å²) >= 11 is 1.48. The van der Waals surface area contributed by atoms with E-state index in [2.05, 4.69) is 5.32 Å². The molecular weight excluding hydrogens is 532 g/mol. The summed E-state index contributed by atoms with van der Waals surface area (Å²) in [6.45, 7) is 7.48. The fraction of sp³-hybridized carbons (Fsp3) is 0.242. The normalized spacial score (nSPS) is 16.1. The van der Waals surface area contributed by atoms with Crippen molar-refractivity contribution in [3.63, 3.8) is 0 Å². The van der Waals surface area contributed by atoms with Gasteiger partial charge in [0.15, 0.2) is 5.17 Å². The number of amidine groups is 1. The predicted octanol–water partition coefficient (Wildman–Crippen LogP) is 6.63. The first kappa shape index (κ1) is 28.2. The lowest BCUT2D eigenvalue weighted by Crippen LogP contribution is -2.42. The van der Waals surface area contributed by atoms with Crippen LogP contribution in [0.4, 0.5) is 0 Å². The average molecular weight is 567 g/mol. The molecule has 0 spiro atoms. The molecule has 2 aliphatic heterocycles. The minimum Gasteiger partial charge on any atom is -0.457 e. The molecule has 1 atom stereocenters. The molecule has 0 aliphatic carbocycles. The van der Waals surface area contributed by atoms with Crippen molar-refractivity contribution in [3.05, 3.63) is 118 Å². The van der Waals surface area contributed by atoms with E-state index in [-0.39, 0.29) is 18.2 Å². The van der Waals surface area contributed by atoms with E-state index in [0.717, 1.165) is 27.7 Å². The van der Waals surface area contributed by atoms with E-state index < -0.39 is 6.04 Å². The lowest BCUT2D eigenvalue weighted by molar-refractivity contribution is -0.127. The van der Waals surface area contributed by atoms with Crippen molar-refractivity contribution in [2.75, 3.05) is 13.1 Å². The molecule has 2 amide bonds. The fourth-order valence-electron chi connectivity index (χ4n) is 5.04. The van der Waals surface area contributed by atoms with Crippen LogP contribution in [-0.4, -0.2) is 39.9 Å². The van der Waals surface area contributed by atoms with Crippen molar-refractivity contribution in [2.45, 2.75) is 39.8 Å². The summed E-state index contributed by atoms with van der Waals surface area (Å²) in [7, 11) is 0. The van der Waals surface area contributed by atoms with E-state index in [1.165, 1.54) is 11.8 Å². The highest BCUT2D eigenvalue weighted by Crippen LogP contribution is 2.45. The topological polar surface area (TPSA) is 74.2 Å². The number of nitrogens with zero attached hydrogens (tertiary/aromatic N) is 3. The van der Waals surface area contributed by atoms with Gasteiger partial charge in [-0.1, -0.05) is 72.4 Å². The van der Waals surface area contributed by atoms with Gasteiger partial charge in [0.05, 0.1) is 23.7 Å². The van der Waals surface area contributed by atoms with Gasteiger partial charge in [0.25, 0.3) is 5.91 Å². The maximum atomic E-state index is 13.9. The van der Waals surface area contributed by atoms with E-state index in [9.17, 15) is 9.59 Å². The van der Waals surface area contributed by atoms with Gasteiger partial charge in [0.2, 0.25) is 5.91 Å². The zero-order chi connectivity index (χ0) is 28.8. The van der Waals surface area contributed by atoms with E-state index in [0.29, 0.717) is 36.7 Å². The molecule has 3 aromatic carbocycles. The number of ether oxygens (including phenoxy) is 1. The van der Waals surface area contributed by atoms with Crippen LogP contribution in [0.5, 0.6) is 11.5 Å². The zero-order valence-corrected chi connectivity index (χ0v) is 24.4. The quantitative estimate of drug-likeness (QED) is 0.298. The van der Waals surface area contributed by atoms with Crippen molar-refractivity contribution in [1.29, 1.82) is 0 Å². The Morgan fingerprint density at radius 3 is 2.34 bits per heavy atom. The van der Waals surface area contributed by atoms with Gasteiger partial charge in [0, 0.05) is 25.3 Å². The van der Waals surface area contributed by atoms with Crippen LogP contribution in [0.1, 0.15) is 44.4 Å². The van der Waals surface area contributed by atoms with Gasteiger partial charge in [-0.25, -0.2) is 4.99 Å². The number of nitrogens with one attached hydrogen (secondary N) is 1. The Labute approximate surface area is 245 Å². The van der Waals surface area contributed by atoms with Crippen LogP contribution in [0, 0.1) is 0 Å². The maximum absolute atomic E-state index is 13.9. The molecule has 0 radical (unpaired) electrons. The van der Waals surface area contributed by atoms with Crippen molar-refractivity contribution in [1.82, 2.24) is 15.1 Å². The summed E-state index contributed by atoms with van der Waals surface area (Å²) in [5.74, 6) is 1.25. The maximum Gasteiger partial charge on any atom is 0.254 e. The van der Waals surface area contributed by atoms with Crippen molar-refractivity contribution in [2.24, 2.45) is 4.99 Å². The van der Waals surface area contributed by atoms with Crippen molar-refractivity contribution < 1.29 is 14.3 Å². The van der Waals surface area contributed by atoms with Crippen molar-refractivity contribution in [3.8, 4) is 11.5 Å². The van der Waals surface area contributed by atoms with E-state index >= 15 is 0 Å². The van der Waals surface area contributed by atoms with Crippen LogP contribution in [0.2, 0.25) is 0 Å². The first-order chi connectivity index (χ1) is 20.0. The van der Waals surface area contributed by atoms with Crippen LogP contribution in [0.3, 0.4) is 0 Å². The van der Waals surface area contributed by atoms with Gasteiger partial charge < -0.3 is 19.9 Å². The first-order valence-corrected chi connectivity index (χ1v) is 14.7. The van der Waals surface area contributed by atoms with Gasteiger partial charge in [-0.2, -0.15) is 0 Å². The summed E-state index contributed by atoms with van der Waals surface area (Å²) in [6.07, 6.45) is 0.168. The van der Waals surface area contributed by atoms with E-state index in [1.807, 2.05) is 121 Å². The molecule has 1 N–H and O–H groups in total. The molecular formula is C33H34N4O3S. The number of benzene rings is 3. The SMILES string of the molecule is CCN(CC)C(=O)C1=C(C)N=C2SC=C(CC(=O)NCc3ccccc3)N2[C@@H]1c1cccc(Oc2ccccc2)c1. The second-order valence-corrected chi connectivity index (χ2v) is 10.6. The molecule has 7 nitrogen and oxygen atoms in total. The van der Waals surface area contributed by atoms with Crippen LogP contribution in [0.15, 0.2) is 112 Å². The molecule has 3 aromatic rings. The molecule has 2 aliphatic rings. The number of carbonyl (C=O) groups is 2. The Morgan fingerprint density at radius 2 is 1.63 bits per heavy atom. The summed E-state index contributed by atoms with van der Waals surface area (Å²) in [5.41, 5.74) is 4.01. The number of aliphatic imine (C=N–C) groups is 1. The van der Waals surface area contributed by atoms with Gasteiger partial charge in [0.1, 0.15) is 11.5 Å². The molecule has 0 unspecified atom stereocenters. The standard InChI is InChI=1S/C33H34N4O3S/c1-4-36(5-2)32(39)30-23(3)35-33-37(26(22-41-33)20-29(38)34-21-24-13-8-6-9-14-24)31(30)25-15-12-18-28(19-25)40-27-16-10-7-11-17-27/h6-19,22,31H,4-5,20-21H2,1-3H3,(H,34,38)/t31-/m1/s1. The minimum absolute atomic E-state index is 0.0561. The molecule has 0 saturated carbocycles. The van der Waals surface area contributed by atoms with Crippen LogP contribution in [0.25, 0.3) is 0 Å². The largest absolute Gasteiger partial charge is 0.457 e. The summed E-state index contributed by atoms with van der Waals surface area (Å²) in [6, 6.07) is 26.8. The van der Waals surface area contributed by atoms with Crippen LogP contribution >= 0.6 is 11.8 Å². The average Bonchev–Trinajstić information content (AvgIpc) is 3.38. The van der Waals surface area contributed by atoms with Gasteiger partial charge in [-0.15, -0.1) is 0 Å². The van der Waals surface area contributed by atoms with Gasteiger partial charge >= 0.3 is 0 Å². The molecule has 0 saturated heterocycles. The highest BCUT2D eigenvalue weighted by Gasteiger charge is 2.41. The predicted molar refractivity (Wildman–Crippen MR) is 164 cm³/mol. The van der Waals surface area contributed by atoms with E-state index in [4.69, 9.17) is 9.73 Å². The number of rotatable bonds is 10. The Hall–Kier alpha value is -4.30. The minimum atomic E-state index is -0.460. The molecule has 210 valence electrons. The number of allylic oxidation sites excluding steroid dienone is 1. The Morgan fingerprint density at radius 1 is 0.951 bits per heavy atom. The van der Waals surface area contributed by atoms with Crippen LogP contribution < -0.4 is 10.1 Å². The lowest BCUT2D eigenvalue weighted by Gasteiger charge is -2.38. The Balaban J connectivity index is 1.47. The molecule has 5 rings (SSSR count). The first-order valence-electron chi connectivity index (χ1n) is 13.9. The third-order valence-electron chi connectivity index (χ3n) is 7.11. The molecule has 0 fully saturated rings. The van der Waals surface area contributed by atoms with Gasteiger partial charge in [-0.05, 0) is 61.6 Å². The Bertz CT molecular complexity index is 1500. The number of amides is 2. The number of carbonyl (C=O) groups excluding carboxylic acids is 2. The number of thioether (sulfide) groups is 1. The molecule has 41 heavy (non-hydrogen) atoms. The molecule has 0 bridgehead atoms. The molecule has 2 heterocycles. The number of likely N-dealkylation sites (N-methyl/N-ethyl adjacent to an activating group) is 1. The smallest absolute Gasteiger partial charge is 0.254 e. The second kappa shape index (κ2) is 12.9. The summed E-state index contributed by atoms with van der Waals surface area (Å²) in [5, 5.41) is 5.75. The monoisotopic (exact) mass is 566 g/mol. The Kier molecular flexibility index (Phi) is 8.89. The van der Waals surface area contributed by atoms with Crippen molar-refractivity contribution >= 4 is 28.7 Å². The number of para-hydroxylation sites is 1. The van der Waals surface area contributed by atoms with Gasteiger partial charge in [-0.3, -0.25) is 9.59 Å². The number of fused-ring (bicyclic) bond motifs is 1.